The van der Waals surface area contributed by atoms with Crippen LogP contribution in [-0.4, -0.2) is 23.8 Å². The molecule has 0 saturated carbocycles. The van der Waals surface area contributed by atoms with E-state index in [9.17, 15) is 14.0 Å². The molecule has 4 nitrogen and oxygen atoms in total. The normalized spacial score (nSPS) is 10.0. The molecule has 0 spiro atoms. The molecule has 2 rings (SSSR count). The molecule has 0 unspecified atom stereocenters. The number of amides is 2. The number of benzene rings is 2. The molecule has 2 amide bonds. The number of hydrogen-bond acceptors (Lipinski definition) is 2. The molecule has 5 heteroatoms. The van der Waals surface area contributed by atoms with E-state index in [1.54, 1.807) is 6.07 Å². The van der Waals surface area contributed by atoms with E-state index >= 15 is 0 Å². The van der Waals surface area contributed by atoms with Crippen LogP contribution in [0.5, 0.6) is 0 Å². The van der Waals surface area contributed by atoms with Crippen molar-refractivity contribution in [2.45, 2.75) is 6.54 Å². The highest BCUT2D eigenvalue weighted by Gasteiger charge is 2.19. The minimum atomic E-state index is -0.862. The molecule has 1 N–H and O–H groups in total. The fourth-order valence-electron chi connectivity index (χ4n) is 1.84. The summed E-state index contributed by atoms with van der Waals surface area (Å²) in [5, 5.41) is 2.27. The number of para-hydroxylation sites is 1. The van der Waals surface area contributed by atoms with Gasteiger partial charge in [0.2, 0.25) is 0 Å². The van der Waals surface area contributed by atoms with Crippen molar-refractivity contribution in [2.24, 2.45) is 0 Å². The Morgan fingerprint density at radius 2 is 1.67 bits per heavy atom. The first kappa shape index (κ1) is 14.7. The first-order chi connectivity index (χ1) is 10.1. The number of halogens is 1. The summed E-state index contributed by atoms with van der Waals surface area (Å²) in [6.45, 7) is 0.310. The minimum Gasteiger partial charge on any atom is -0.333 e. The van der Waals surface area contributed by atoms with Gasteiger partial charge in [-0.2, -0.15) is 0 Å². The van der Waals surface area contributed by atoms with Gasteiger partial charge < -0.3 is 10.2 Å². The lowest BCUT2D eigenvalue weighted by atomic mass is 10.2. The number of carbonyl (C=O) groups is 2. The molecule has 0 saturated heterocycles. The number of rotatable bonds is 3. The average Bonchev–Trinajstić information content (AvgIpc) is 2.49. The van der Waals surface area contributed by atoms with Crippen LogP contribution in [0.4, 0.5) is 10.1 Å². The summed E-state index contributed by atoms with van der Waals surface area (Å²) in [5.74, 6) is -2.16. The average molecular weight is 286 g/mol. The standard InChI is InChI=1S/C16H15FN2O2/c1-19(11-12-7-3-2-4-8-12)16(21)15(20)18-14-10-6-5-9-13(14)17/h2-10H,11H2,1H3,(H,18,20). The van der Waals surface area contributed by atoms with E-state index in [-0.39, 0.29) is 5.69 Å². The third kappa shape index (κ3) is 3.89. The molecule has 0 heterocycles. The minimum absolute atomic E-state index is 0.0102. The summed E-state index contributed by atoms with van der Waals surface area (Å²) in [7, 11) is 1.52. The van der Waals surface area contributed by atoms with Crippen molar-refractivity contribution in [2.75, 3.05) is 12.4 Å². The lowest BCUT2D eigenvalue weighted by molar-refractivity contribution is -0.142. The van der Waals surface area contributed by atoms with Crippen molar-refractivity contribution < 1.29 is 14.0 Å². The Kier molecular flexibility index (Phi) is 4.66. The smallest absolute Gasteiger partial charge is 0.313 e. The third-order valence-electron chi connectivity index (χ3n) is 2.93. The summed E-state index contributed by atoms with van der Waals surface area (Å²) in [4.78, 5) is 25.1. The number of anilines is 1. The molecule has 2 aromatic carbocycles. The second-order valence-electron chi connectivity index (χ2n) is 4.58. The van der Waals surface area contributed by atoms with Crippen molar-refractivity contribution in [1.82, 2.24) is 4.90 Å². The molecule has 2 aromatic rings. The number of likely N-dealkylation sites (N-methyl/N-ethyl adjacent to an activating group) is 1. The Bertz CT molecular complexity index is 644. The lowest BCUT2D eigenvalue weighted by Gasteiger charge is -2.16. The van der Waals surface area contributed by atoms with Crippen LogP contribution in [0.1, 0.15) is 5.56 Å². The fraction of sp³-hybridized carbons (Fsp3) is 0.125. The van der Waals surface area contributed by atoms with Crippen molar-refractivity contribution in [3.05, 3.63) is 66.0 Å². The Balaban J connectivity index is 1.99. The second-order valence-corrected chi connectivity index (χ2v) is 4.58. The van der Waals surface area contributed by atoms with E-state index in [2.05, 4.69) is 5.32 Å². The van der Waals surface area contributed by atoms with Crippen LogP contribution in [0.2, 0.25) is 0 Å². The van der Waals surface area contributed by atoms with Crippen LogP contribution in [-0.2, 0) is 16.1 Å². The molecule has 0 aliphatic carbocycles. The van der Waals surface area contributed by atoms with Gasteiger partial charge in [0.1, 0.15) is 5.82 Å². The Morgan fingerprint density at radius 3 is 2.33 bits per heavy atom. The maximum Gasteiger partial charge on any atom is 0.313 e. The van der Waals surface area contributed by atoms with Crippen molar-refractivity contribution >= 4 is 17.5 Å². The Hall–Kier alpha value is -2.69. The summed E-state index contributed by atoms with van der Waals surface area (Å²) in [5.41, 5.74) is 0.899. The van der Waals surface area contributed by atoms with E-state index in [4.69, 9.17) is 0 Å². The van der Waals surface area contributed by atoms with Crippen LogP contribution < -0.4 is 5.32 Å². The molecule has 0 radical (unpaired) electrons. The van der Waals surface area contributed by atoms with E-state index in [0.717, 1.165) is 5.56 Å². The molecule has 108 valence electrons. The van der Waals surface area contributed by atoms with Gasteiger partial charge in [-0.25, -0.2) is 4.39 Å². The van der Waals surface area contributed by atoms with Gasteiger partial charge in [0.25, 0.3) is 0 Å². The summed E-state index contributed by atoms with van der Waals surface area (Å²) in [6.07, 6.45) is 0. The van der Waals surface area contributed by atoms with Gasteiger partial charge in [0, 0.05) is 13.6 Å². The molecule has 0 bridgehead atoms. The monoisotopic (exact) mass is 286 g/mol. The molecule has 0 aliphatic heterocycles. The highest BCUT2D eigenvalue weighted by atomic mass is 19.1. The molecule has 0 aromatic heterocycles. The van der Waals surface area contributed by atoms with E-state index in [1.165, 1.54) is 30.1 Å². The van der Waals surface area contributed by atoms with Crippen LogP contribution in [0.3, 0.4) is 0 Å². The molecule has 21 heavy (non-hydrogen) atoms. The first-order valence-corrected chi connectivity index (χ1v) is 6.43. The topological polar surface area (TPSA) is 49.4 Å². The van der Waals surface area contributed by atoms with Gasteiger partial charge in [0.05, 0.1) is 5.69 Å². The van der Waals surface area contributed by atoms with E-state index in [1.807, 2.05) is 30.3 Å². The zero-order chi connectivity index (χ0) is 15.2. The quantitative estimate of drug-likeness (QED) is 0.881. The van der Waals surface area contributed by atoms with Crippen LogP contribution in [0.15, 0.2) is 54.6 Å². The van der Waals surface area contributed by atoms with E-state index in [0.29, 0.717) is 6.54 Å². The predicted octanol–water partition coefficient (Wildman–Crippen LogP) is 2.42. The Labute approximate surface area is 122 Å². The number of carbonyl (C=O) groups excluding carboxylic acids is 2. The zero-order valence-electron chi connectivity index (χ0n) is 11.5. The number of nitrogens with zero attached hydrogens (tertiary/aromatic N) is 1. The van der Waals surface area contributed by atoms with Gasteiger partial charge in [-0.05, 0) is 17.7 Å². The van der Waals surface area contributed by atoms with Crippen LogP contribution >= 0.6 is 0 Å². The maximum atomic E-state index is 13.4. The SMILES string of the molecule is CN(Cc1ccccc1)C(=O)C(=O)Nc1ccccc1F. The number of nitrogens with one attached hydrogen (secondary N) is 1. The van der Waals surface area contributed by atoms with Gasteiger partial charge in [-0.1, -0.05) is 42.5 Å². The van der Waals surface area contributed by atoms with Gasteiger partial charge in [-0.15, -0.1) is 0 Å². The van der Waals surface area contributed by atoms with Crippen molar-refractivity contribution in [3.63, 3.8) is 0 Å². The zero-order valence-corrected chi connectivity index (χ0v) is 11.5. The van der Waals surface area contributed by atoms with E-state index < -0.39 is 17.6 Å². The maximum absolute atomic E-state index is 13.4. The molecular weight excluding hydrogens is 271 g/mol. The Morgan fingerprint density at radius 1 is 1.05 bits per heavy atom. The molecular formula is C16H15FN2O2. The van der Waals surface area contributed by atoms with Gasteiger partial charge >= 0.3 is 11.8 Å². The fourth-order valence-corrected chi connectivity index (χ4v) is 1.84. The molecule has 0 atom stereocenters. The third-order valence-corrected chi connectivity index (χ3v) is 2.93. The van der Waals surface area contributed by atoms with Gasteiger partial charge in [0.15, 0.2) is 0 Å². The van der Waals surface area contributed by atoms with Gasteiger partial charge in [-0.3, -0.25) is 9.59 Å². The van der Waals surface area contributed by atoms with Crippen molar-refractivity contribution in [3.8, 4) is 0 Å². The number of hydrogen-bond donors (Lipinski definition) is 1. The highest BCUT2D eigenvalue weighted by molar-refractivity contribution is 6.39. The molecule has 0 fully saturated rings. The predicted molar refractivity (Wildman–Crippen MR) is 77.9 cm³/mol. The molecule has 0 aliphatic rings. The first-order valence-electron chi connectivity index (χ1n) is 6.43. The lowest BCUT2D eigenvalue weighted by Crippen LogP contribution is -2.36. The summed E-state index contributed by atoms with van der Waals surface area (Å²) in [6, 6.07) is 15.0. The largest absolute Gasteiger partial charge is 0.333 e. The van der Waals surface area contributed by atoms with Crippen molar-refractivity contribution in [1.29, 1.82) is 0 Å². The second kappa shape index (κ2) is 6.65. The van der Waals surface area contributed by atoms with Crippen LogP contribution in [0, 0.1) is 5.82 Å². The van der Waals surface area contributed by atoms with Crippen LogP contribution in [0.25, 0.3) is 0 Å². The summed E-state index contributed by atoms with van der Waals surface area (Å²) < 4.78 is 13.4. The summed E-state index contributed by atoms with van der Waals surface area (Å²) >= 11 is 0. The highest BCUT2D eigenvalue weighted by Crippen LogP contribution is 2.12.